The number of cyclic esters (lactones) is 1. The molecule has 0 bridgehead atoms. The Morgan fingerprint density at radius 3 is 2.34 bits per heavy atom. The highest BCUT2D eigenvalue weighted by Gasteiger charge is 2.48. The molecule has 2 unspecified atom stereocenters. The molecule has 3 amide bonds. The maximum Gasteiger partial charge on any atom is 0.411 e. The van der Waals surface area contributed by atoms with Crippen molar-refractivity contribution in [2.24, 2.45) is 5.92 Å². The summed E-state index contributed by atoms with van der Waals surface area (Å²) >= 11 is 0. The average Bonchev–Trinajstić information content (AvgIpc) is 3.16. The van der Waals surface area contributed by atoms with Gasteiger partial charge in [0.2, 0.25) is 11.8 Å². The highest BCUT2D eigenvalue weighted by molar-refractivity contribution is 5.91. The molecular weight excluding hydrogens is 453 g/mol. The Morgan fingerprint density at radius 1 is 1.06 bits per heavy atom. The molecule has 0 aromatic heterocycles. The Kier molecular flexibility index (Phi) is 7.65. The molecule has 8 nitrogen and oxygen atoms in total. The maximum atomic E-state index is 13.6. The summed E-state index contributed by atoms with van der Waals surface area (Å²) in [4.78, 5) is 41.7. The topological polar surface area (TPSA) is 88.2 Å². The SMILES string of the molecule is CC(C)CC(=O)Nc1ccc(C2OC(=O)N(Cc3ccc(F)cc3)C2C(=O)N2CCOCC2)cc1. The fraction of sp³-hybridized carbons (Fsp3) is 0.423. The fourth-order valence-corrected chi connectivity index (χ4v) is 4.29. The van der Waals surface area contributed by atoms with Crippen molar-refractivity contribution in [2.75, 3.05) is 31.6 Å². The van der Waals surface area contributed by atoms with Gasteiger partial charge in [0.05, 0.1) is 19.8 Å². The third-order valence-corrected chi connectivity index (χ3v) is 6.04. The highest BCUT2D eigenvalue weighted by Crippen LogP contribution is 2.35. The monoisotopic (exact) mass is 483 g/mol. The number of morpholine rings is 1. The minimum Gasteiger partial charge on any atom is -0.438 e. The number of carbonyl (C=O) groups excluding carboxylic acids is 3. The van der Waals surface area contributed by atoms with E-state index in [2.05, 4.69) is 5.32 Å². The first kappa shape index (κ1) is 24.7. The van der Waals surface area contributed by atoms with Gasteiger partial charge >= 0.3 is 6.09 Å². The zero-order valence-corrected chi connectivity index (χ0v) is 19.9. The van der Waals surface area contributed by atoms with Crippen molar-refractivity contribution < 1.29 is 28.2 Å². The normalized spacial score (nSPS) is 20.2. The number of carbonyl (C=O) groups is 3. The van der Waals surface area contributed by atoms with Crippen LogP contribution in [0.15, 0.2) is 48.5 Å². The molecule has 9 heteroatoms. The van der Waals surface area contributed by atoms with Gasteiger partial charge in [0.15, 0.2) is 12.1 Å². The largest absolute Gasteiger partial charge is 0.438 e. The third-order valence-electron chi connectivity index (χ3n) is 6.04. The van der Waals surface area contributed by atoms with Crippen LogP contribution in [0.1, 0.15) is 37.5 Å². The molecule has 2 saturated heterocycles. The average molecular weight is 484 g/mol. The van der Waals surface area contributed by atoms with Gasteiger partial charge in [-0.1, -0.05) is 38.1 Å². The summed E-state index contributed by atoms with van der Waals surface area (Å²) in [6.45, 7) is 5.78. The molecule has 2 fully saturated rings. The van der Waals surface area contributed by atoms with Crippen molar-refractivity contribution in [3.8, 4) is 0 Å². The van der Waals surface area contributed by atoms with Crippen LogP contribution in [0.25, 0.3) is 0 Å². The number of nitrogens with zero attached hydrogens (tertiary/aromatic N) is 2. The molecule has 2 aliphatic heterocycles. The molecule has 2 atom stereocenters. The van der Waals surface area contributed by atoms with Crippen LogP contribution in [-0.4, -0.2) is 60.1 Å². The first-order valence-electron chi connectivity index (χ1n) is 11.8. The fourth-order valence-electron chi connectivity index (χ4n) is 4.29. The number of nitrogens with one attached hydrogen (secondary N) is 1. The summed E-state index contributed by atoms with van der Waals surface area (Å²) in [5, 5.41) is 2.85. The van der Waals surface area contributed by atoms with Gasteiger partial charge in [-0.25, -0.2) is 9.18 Å². The van der Waals surface area contributed by atoms with Gasteiger partial charge in [0, 0.05) is 25.2 Å². The smallest absolute Gasteiger partial charge is 0.411 e. The zero-order chi connectivity index (χ0) is 24.9. The van der Waals surface area contributed by atoms with Crippen LogP contribution < -0.4 is 5.32 Å². The van der Waals surface area contributed by atoms with Gasteiger partial charge in [-0.05, 0) is 41.3 Å². The van der Waals surface area contributed by atoms with Crippen molar-refractivity contribution in [2.45, 2.75) is 39.0 Å². The minimum absolute atomic E-state index is 0.0779. The number of rotatable bonds is 7. The number of ether oxygens (including phenoxy) is 2. The Balaban J connectivity index is 1.57. The Labute approximate surface area is 204 Å². The van der Waals surface area contributed by atoms with E-state index >= 15 is 0 Å². The second kappa shape index (κ2) is 10.9. The number of benzene rings is 2. The molecule has 4 rings (SSSR count). The van der Waals surface area contributed by atoms with Crippen molar-refractivity contribution in [1.29, 1.82) is 0 Å². The first-order valence-corrected chi connectivity index (χ1v) is 11.8. The van der Waals surface area contributed by atoms with Crippen LogP contribution in [-0.2, 0) is 25.6 Å². The minimum atomic E-state index is -0.882. The lowest BCUT2D eigenvalue weighted by Gasteiger charge is -2.32. The van der Waals surface area contributed by atoms with Gasteiger partial charge in [0.25, 0.3) is 0 Å². The predicted molar refractivity (Wildman–Crippen MR) is 127 cm³/mol. The molecule has 2 aliphatic rings. The summed E-state index contributed by atoms with van der Waals surface area (Å²) in [6.07, 6.45) is -1.02. The van der Waals surface area contributed by atoms with Crippen LogP contribution in [0.4, 0.5) is 14.9 Å². The van der Waals surface area contributed by atoms with Crippen molar-refractivity contribution in [3.63, 3.8) is 0 Å². The third kappa shape index (κ3) is 5.97. The van der Waals surface area contributed by atoms with E-state index in [-0.39, 0.29) is 30.1 Å². The van der Waals surface area contributed by atoms with E-state index in [4.69, 9.17) is 9.47 Å². The summed E-state index contributed by atoms with van der Waals surface area (Å²) in [5.41, 5.74) is 1.96. The Hall–Kier alpha value is -3.46. The van der Waals surface area contributed by atoms with Crippen LogP contribution in [0, 0.1) is 11.7 Å². The molecular formula is C26H30FN3O5. The van der Waals surface area contributed by atoms with E-state index in [1.807, 2.05) is 13.8 Å². The lowest BCUT2D eigenvalue weighted by molar-refractivity contribution is -0.141. The molecule has 35 heavy (non-hydrogen) atoms. The molecule has 0 spiro atoms. The first-order chi connectivity index (χ1) is 16.8. The number of halogens is 1. The van der Waals surface area contributed by atoms with E-state index in [0.29, 0.717) is 49.5 Å². The Morgan fingerprint density at radius 2 is 1.71 bits per heavy atom. The van der Waals surface area contributed by atoms with Crippen LogP contribution in [0.3, 0.4) is 0 Å². The maximum absolute atomic E-state index is 13.6. The van der Waals surface area contributed by atoms with E-state index in [0.717, 1.165) is 0 Å². The highest BCUT2D eigenvalue weighted by atomic mass is 19.1. The van der Waals surface area contributed by atoms with Crippen LogP contribution in [0.2, 0.25) is 0 Å². The van der Waals surface area contributed by atoms with Crippen molar-refractivity contribution in [3.05, 3.63) is 65.5 Å². The number of amides is 3. The molecule has 0 saturated carbocycles. The van der Waals surface area contributed by atoms with E-state index in [9.17, 15) is 18.8 Å². The van der Waals surface area contributed by atoms with E-state index < -0.39 is 18.2 Å². The molecule has 0 aliphatic carbocycles. The van der Waals surface area contributed by atoms with Gasteiger partial charge in [-0.15, -0.1) is 0 Å². The van der Waals surface area contributed by atoms with Crippen molar-refractivity contribution >= 4 is 23.6 Å². The molecule has 2 aromatic rings. The zero-order valence-electron chi connectivity index (χ0n) is 19.9. The lowest BCUT2D eigenvalue weighted by Crippen LogP contribution is -2.51. The van der Waals surface area contributed by atoms with Gasteiger partial charge < -0.3 is 19.7 Å². The van der Waals surface area contributed by atoms with Crippen molar-refractivity contribution in [1.82, 2.24) is 9.80 Å². The molecule has 1 N–H and O–H groups in total. The number of hydrogen-bond donors (Lipinski definition) is 1. The number of hydrogen-bond acceptors (Lipinski definition) is 5. The molecule has 186 valence electrons. The second-order valence-corrected chi connectivity index (χ2v) is 9.21. The number of anilines is 1. The van der Waals surface area contributed by atoms with Gasteiger partial charge in [-0.2, -0.15) is 0 Å². The van der Waals surface area contributed by atoms with Crippen LogP contribution >= 0.6 is 0 Å². The van der Waals surface area contributed by atoms with E-state index in [1.54, 1.807) is 41.3 Å². The van der Waals surface area contributed by atoms with E-state index in [1.165, 1.54) is 17.0 Å². The van der Waals surface area contributed by atoms with Gasteiger partial charge in [-0.3, -0.25) is 14.5 Å². The summed E-state index contributed by atoms with van der Waals surface area (Å²) in [6, 6.07) is 11.9. The van der Waals surface area contributed by atoms with Gasteiger partial charge in [0.1, 0.15) is 5.82 Å². The quantitative estimate of drug-likeness (QED) is 0.648. The standard InChI is InChI=1S/C26H30FN3O5/c1-17(2)15-22(31)28-21-9-5-19(6-10-21)24-23(25(32)29-11-13-34-14-12-29)30(26(33)35-24)16-18-3-7-20(27)8-4-18/h3-10,17,23-24H,11-16H2,1-2H3,(H,28,31). The summed E-state index contributed by atoms with van der Waals surface area (Å²) in [5.74, 6) is -0.435. The predicted octanol–water partition coefficient (Wildman–Crippen LogP) is 3.73. The Bertz CT molecular complexity index is 1050. The molecule has 2 heterocycles. The lowest BCUT2D eigenvalue weighted by atomic mass is 9.99. The molecule has 0 radical (unpaired) electrons. The molecule has 2 aromatic carbocycles. The van der Waals surface area contributed by atoms with Crippen LogP contribution in [0.5, 0.6) is 0 Å². The second-order valence-electron chi connectivity index (χ2n) is 9.21. The summed E-state index contributed by atoms with van der Waals surface area (Å²) in [7, 11) is 0. The summed E-state index contributed by atoms with van der Waals surface area (Å²) < 4.78 is 24.5.